The third-order valence-electron chi connectivity index (χ3n) is 2.40. The number of nitrogens with one attached hydrogen (secondary N) is 3. The first-order valence-corrected chi connectivity index (χ1v) is 4.87. The summed E-state index contributed by atoms with van der Waals surface area (Å²) in [7, 11) is 1.83. The predicted octanol–water partition coefficient (Wildman–Crippen LogP) is 1.45. The van der Waals surface area contributed by atoms with Gasteiger partial charge in [0, 0.05) is 35.7 Å². The molecule has 0 aliphatic heterocycles. The highest BCUT2D eigenvalue weighted by molar-refractivity contribution is 6.14. The monoisotopic (exact) mass is 215 g/mol. The molecule has 82 valence electrons. The third-order valence-corrected chi connectivity index (χ3v) is 2.40. The van der Waals surface area contributed by atoms with Crippen LogP contribution in [0, 0.1) is 5.41 Å². The molecule has 0 saturated heterocycles. The lowest BCUT2D eigenvalue weighted by Crippen LogP contribution is -2.05. The number of anilines is 2. The molecule has 0 amide bonds. The highest BCUT2D eigenvalue weighted by Crippen LogP contribution is 2.20. The van der Waals surface area contributed by atoms with Crippen molar-refractivity contribution < 1.29 is 0 Å². The minimum Gasteiger partial charge on any atom is -0.398 e. The molecule has 5 heteroatoms. The van der Waals surface area contributed by atoms with Crippen molar-refractivity contribution in [3.8, 4) is 0 Å². The van der Waals surface area contributed by atoms with Crippen molar-refractivity contribution in [3.63, 3.8) is 0 Å². The van der Waals surface area contributed by atoms with Crippen LogP contribution in [0.3, 0.4) is 0 Å². The first kappa shape index (κ1) is 10.2. The molecule has 0 unspecified atom stereocenters. The van der Waals surface area contributed by atoms with E-state index in [2.05, 4.69) is 15.5 Å². The van der Waals surface area contributed by atoms with Gasteiger partial charge in [-0.15, -0.1) is 0 Å². The van der Waals surface area contributed by atoms with E-state index >= 15 is 0 Å². The first-order chi connectivity index (χ1) is 7.72. The second kappa shape index (κ2) is 4.06. The number of benzene rings is 1. The van der Waals surface area contributed by atoms with Crippen LogP contribution in [-0.4, -0.2) is 23.0 Å². The summed E-state index contributed by atoms with van der Waals surface area (Å²) in [5.74, 6) is 0. The summed E-state index contributed by atoms with van der Waals surface area (Å²) < 4.78 is 0. The number of aromatic nitrogens is 2. The molecule has 2 rings (SSSR count). The average Bonchev–Trinajstić information content (AvgIpc) is 2.82. The fraction of sp³-hybridized carbons (Fsp3) is 0.0909. The van der Waals surface area contributed by atoms with Gasteiger partial charge in [0.25, 0.3) is 0 Å². The van der Waals surface area contributed by atoms with Crippen LogP contribution in [0.15, 0.2) is 30.6 Å². The van der Waals surface area contributed by atoms with Gasteiger partial charge < -0.3 is 11.1 Å². The van der Waals surface area contributed by atoms with Gasteiger partial charge in [0.2, 0.25) is 0 Å². The Labute approximate surface area is 93.2 Å². The number of hydrogen-bond donors (Lipinski definition) is 4. The predicted molar refractivity (Wildman–Crippen MR) is 64.9 cm³/mol. The number of rotatable bonds is 3. The van der Waals surface area contributed by atoms with Crippen LogP contribution in [0.1, 0.15) is 11.1 Å². The zero-order valence-corrected chi connectivity index (χ0v) is 8.91. The van der Waals surface area contributed by atoms with E-state index < -0.39 is 0 Å². The third kappa shape index (κ3) is 1.75. The van der Waals surface area contributed by atoms with Gasteiger partial charge in [-0.3, -0.25) is 10.5 Å². The molecule has 0 aliphatic carbocycles. The molecule has 2 aromatic rings. The lowest BCUT2D eigenvalue weighted by molar-refractivity contribution is 1.09. The molecule has 1 aromatic heterocycles. The molecule has 16 heavy (non-hydrogen) atoms. The van der Waals surface area contributed by atoms with Crippen molar-refractivity contribution in [1.82, 2.24) is 10.2 Å². The molecule has 5 N–H and O–H groups in total. The first-order valence-electron chi connectivity index (χ1n) is 4.87. The largest absolute Gasteiger partial charge is 0.398 e. The Balaban J connectivity index is 2.43. The van der Waals surface area contributed by atoms with Crippen molar-refractivity contribution in [2.24, 2.45) is 0 Å². The van der Waals surface area contributed by atoms with E-state index in [0.29, 0.717) is 17.0 Å². The maximum absolute atomic E-state index is 8.03. The van der Waals surface area contributed by atoms with E-state index in [4.69, 9.17) is 11.1 Å². The maximum atomic E-state index is 8.03. The molecular formula is C11H13N5. The second-order valence-electron chi connectivity index (χ2n) is 3.41. The number of hydrogen-bond acceptors (Lipinski definition) is 4. The molecule has 0 aliphatic rings. The van der Waals surface area contributed by atoms with Gasteiger partial charge in [-0.2, -0.15) is 5.10 Å². The minimum atomic E-state index is 0.364. The highest BCUT2D eigenvalue weighted by Gasteiger charge is 2.09. The smallest absolute Gasteiger partial charge is 0.0737 e. The molecular weight excluding hydrogens is 202 g/mol. The molecule has 0 fully saturated rings. The molecule has 1 aromatic carbocycles. The zero-order valence-electron chi connectivity index (χ0n) is 8.91. The van der Waals surface area contributed by atoms with Gasteiger partial charge >= 0.3 is 0 Å². The fourth-order valence-corrected chi connectivity index (χ4v) is 1.47. The van der Waals surface area contributed by atoms with Crippen LogP contribution in [0.5, 0.6) is 0 Å². The van der Waals surface area contributed by atoms with E-state index in [1.54, 1.807) is 18.5 Å². The normalized spacial score (nSPS) is 10.1. The Hall–Kier alpha value is -2.30. The Kier molecular flexibility index (Phi) is 2.59. The standard InChI is InChI=1S/C11H13N5/c1-14-8-2-3-10(12)9(4-8)11(13)7-5-15-16-6-7/h2-6,13-14H,12H2,1H3,(H,15,16). The van der Waals surface area contributed by atoms with Crippen LogP contribution in [-0.2, 0) is 0 Å². The molecule has 0 saturated carbocycles. The van der Waals surface area contributed by atoms with Crippen LogP contribution < -0.4 is 11.1 Å². The number of nitrogens with two attached hydrogens (primary N) is 1. The average molecular weight is 215 g/mol. The quantitative estimate of drug-likeness (QED) is 0.461. The van der Waals surface area contributed by atoms with E-state index in [9.17, 15) is 0 Å². The van der Waals surface area contributed by atoms with Crippen LogP contribution in [0.4, 0.5) is 11.4 Å². The van der Waals surface area contributed by atoms with Crippen LogP contribution in [0.2, 0.25) is 0 Å². The molecule has 0 spiro atoms. The van der Waals surface area contributed by atoms with Crippen molar-refractivity contribution in [2.45, 2.75) is 0 Å². The van der Waals surface area contributed by atoms with E-state index in [0.717, 1.165) is 11.3 Å². The van der Waals surface area contributed by atoms with Crippen LogP contribution in [0.25, 0.3) is 0 Å². The summed E-state index contributed by atoms with van der Waals surface area (Å²) in [6.07, 6.45) is 3.28. The van der Waals surface area contributed by atoms with E-state index in [-0.39, 0.29) is 0 Å². The van der Waals surface area contributed by atoms with Gasteiger partial charge in [-0.05, 0) is 18.2 Å². The minimum absolute atomic E-state index is 0.364. The maximum Gasteiger partial charge on any atom is 0.0737 e. The highest BCUT2D eigenvalue weighted by atomic mass is 15.1. The second-order valence-corrected chi connectivity index (χ2v) is 3.41. The summed E-state index contributed by atoms with van der Waals surface area (Å²) in [5.41, 5.74) is 9.16. The van der Waals surface area contributed by atoms with Gasteiger partial charge in [0.1, 0.15) is 0 Å². The molecule has 5 nitrogen and oxygen atoms in total. The van der Waals surface area contributed by atoms with Gasteiger partial charge in [0.05, 0.1) is 11.9 Å². The molecule has 0 radical (unpaired) electrons. The number of aromatic amines is 1. The molecule has 0 bridgehead atoms. The number of nitrogen functional groups attached to an aromatic ring is 1. The van der Waals surface area contributed by atoms with Crippen LogP contribution >= 0.6 is 0 Å². The summed E-state index contributed by atoms with van der Waals surface area (Å²) >= 11 is 0. The summed E-state index contributed by atoms with van der Waals surface area (Å²) in [4.78, 5) is 0. The van der Waals surface area contributed by atoms with Gasteiger partial charge in [-0.25, -0.2) is 0 Å². The Morgan fingerprint density at radius 3 is 2.94 bits per heavy atom. The van der Waals surface area contributed by atoms with Crippen molar-refractivity contribution in [3.05, 3.63) is 41.7 Å². The van der Waals surface area contributed by atoms with Crippen molar-refractivity contribution in [1.29, 1.82) is 5.41 Å². The summed E-state index contributed by atoms with van der Waals surface area (Å²) in [6, 6.07) is 5.52. The SMILES string of the molecule is CNc1ccc(N)c(C(=N)c2cn[nH]c2)c1. The number of nitrogens with zero attached hydrogens (tertiary/aromatic N) is 1. The molecule has 1 heterocycles. The Morgan fingerprint density at radius 2 is 2.31 bits per heavy atom. The van der Waals surface area contributed by atoms with E-state index in [1.807, 2.05) is 19.2 Å². The van der Waals surface area contributed by atoms with Crippen molar-refractivity contribution in [2.75, 3.05) is 18.1 Å². The topological polar surface area (TPSA) is 90.6 Å². The Bertz CT molecular complexity index is 501. The Morgan fingerprint density at radius 1 is 1.50 bits per heavy atom. The fourth-order valence-electron chi connectivity index (χ4n) is 1.47. The number of H-pyrrole nitrogens is 1. The van der Waals surface area contributed by atoms with Gasteiger partial charge in [0.15, 0.2) is 0 Å². The molecule has 0 atom stereocenters. The zero-order chi connectivity index (χ0) is 11.5. The lowest BCUT2D eigenvalue weighted by atomic mass is 10.0. The summed E-state index contributed by atoms with van der Waals surface area (Å²) in [6.45, 7) is 0. The lowest BCUT2D eigenvalue weighted by Gasteiger charge is -2.08. The van der Waals surface area contributed by atoms with E-state index in [1.165, 1.54) is 0 Å². The summed E-state index contributed by atoms with van der Waals surface area (Å²) in [5, 5.41) is 17.6. The van der Waals surface area contributed by atoms with Crippen molar-refractivity contribution >= 4 is 17.1 Å². The van der Waals surface area contributed by atoms with Gasteiger partial charge in [-0.1, -0.05) is 0 Å².